The van der Waals surface area contributed by atoms with E-state index in [-0.39, 0.29) is 1.43 Å². The maximum atomic E-state index is 4.45. The van der Waals surface area contributed by atoms with Gasteiger partial charge in [-0.25, -0.2) is 0 Å². The van der Waals surface area contributed by atoms with Gasteiger partial charge in [-0.2, -0.15) is 0 Å². The summed E-state index contributed by atoms with van der Waals surface area (Å²) in [5, 5.41) is 3.07. The van der Waals surface area contributed by atoms with Crippen LogP contribution < -0.4 is 5.32 Å². The van der Waals surface area contributed by atoms with Crippen LogP contribution in [-0.2, 0) is 0 Å². The number of fused-ring (bicyclic) bond motifs is 1. The number of benzene rings is 1. The third kappa shape index (κ3) is 2.36. The maximum absolute atomic E-state index is 4.45. The lowest BCUT2D eigenvalue weighted by Gasteiger charge is -2.12. The van der Waals surface area contributed by atoms with E-state index in [0.29, 0.717) is 13.1 Å². The van der Waals surface area contributed by atoms with Gasteiger partial charge in [0, 0.05) is 17.4 Å². The number of aliphatic imine (C=N–C) groups is 3. The van der Waals surface area contributed by atoms with Crippen LogP contribution in [0.2, 0.25) is 0 Å². The Morgan fingerprint density at radius 3 is 3.00 bits per heavy atom. The van der Waals surface area contributed by atoms with Crippen LogP contribution >= 0.6 is 11.8 Å². The second-order valence-corrected chi connectivity index (χ2v) is 4.97. The smallest absolute Gasteiger partial charge is 0.153 e. The largest absolute Gasteiger partial charge is 0.330 e. The lowest BCUT2D eigenvalue weighted by molar-refractivity contribution is 1.18. The Labute approximate surface area is 111 Å². The monoisotopic (exact) mass is 258 g/mol. The summed E-state index contributed by atoms with van der Waals surface area (Å²) >= 11 is 1.69. The first kappa shape index (κ1) is 11.2. The first-order chi connectivity index (χ1) is 8.93. The topological polar surface area (TPSA) is 49.1 Å². The van der Waals surface area contributed by atoms with E-state index in [1.165, 1.54) is 4.90 Å². The first-order valence-corrected chi connectivity index (χ1v) is 6.53. The van der Waals surface area contributed by atoms with Crippen LogP contribution in [0.4, 0.5) is 0 Å². The summed E-state index contributed by atoms with van der Waals surface area (Å²) in [7, 11) is 0. The number of amidine groups is 1. The fourth-order valence-electron chi connectivity index (χ4n) is 1.74. The van der Waals surface area contributed by atoms with Crippen LogP contribution in [0.5, 0.6) is 0 Å². The third-order valence-corrected chi connectivity index (χ3v) is 3.63. The predicted octanol–water partition coefficient (Wildman–Crippen LogP) is 2.35. The van der Waals surface area contributed by atoms with Crippen molar-refractivity contribution in [2.75, 3.05) is 13.1 Å². The Hall–Kier alpha value is -1.88. The van der Waals surface area contributed by atoms with E-state index in [0.717, 1.165) is 16.4 Å². The van der Waals surface area contributed by atoms with Gasteiger partial charge in [-0.05, 0) is 12.1 Å². The molecule has 92 valence electrons. The summed E-state index contributed by atoms with van der Waals surface area (Å²) < 4.78 is 0. The molecule has 3 rings (SSSR count). The molecule has 0 aliphatic carbocycles. The van der Waals surface area contributed by atoms with Gasteiger partial charge in [0.15, 0.2) is 5.84 Å². The van der Waals surface area contributed by atoms with Gasteiger partial charge in [0.2, 0.25) is 0 Å². The molecule has 0 spiro atoms. The summed E-state index contributed by atoms with van der Waals surface area (Å²) in [6, 6.07) is 10.3. The standard InChI is InChI=1S/C13H12N4S.H2/c1-2-4-10(5-3-1)18-11-8-14-9-17-13-12(11)15-6-7-16-13;/h1-6,9H,7-8H2,(H,14,16,17);1H. The highest BCUT2D eigenvalue weighted by Gasteiger charge is 2.17. The highest BCUT2D eigenvalue weighted by molar-refractivity contribution is 8.03. The summed E-state index contributed by atoms with van der Waals surface area (Å²) in [6.45, 7) is 1.27. The van der Waals surface area contributed by atoms with Gasteiger partial charge < -0.3 is 5.32 Å². The van der Waals surface area contributed by atoms with Crippen molar-refractivity contribution in [3.8, 4) is 0 Å². The van der Waals surface area contributed by atoms with Crippen molar-refractivity contribution < 1.29 is 1.43 Å². The van der Waals surface area contributed by atoms with Crippen molar-refractivity contribution in [3.63, 3.8) is 0 Å². The lowest BCUT2D eigenvalue weighted by atomic mass is 10.3. The fourth-order valence-corrected chi connectivity index (χ4v) is 2.70. The van der Waals surface area contributed by atoms with E-state index in [9.17, 15) is 0 Å². The average molecular weight is 258 g/mol. The van der Waals surface area contributed by atoms with Crippen LogP contribution in [0, 0.1) is 0 Å². The van der Waals surface area contributed by atoms with E-state index >= 15 is 0 Å². The molecule has 0 bridgehead atoms. The second kappa shape index (κ2) is 5.18. The first-order valence-electron chi connectivity index (χ1n) is 5.72. The quantitative estimate of drug-likeness (QED) is 0.885. The molecular weight excluding hydrogens is 244 g/mol. The van der Waals surface area contributed by atoms with Crippen LogP contribution in [0.3, 0.4) is 0 Å². The van der Waals surface area contributed by atoms with E-state index < -0.39 is 0 Å². The summed E-state index contributed by atoms with van der Waals surface area (Å²) in [5.41, 5.74) is 0.910. The Morgan fingerprint density at radius 1 is 1.22 bits per heavy atom. The molecule has 2 aliphatic rings. The number of rotatable bonds is 2. The van der Waals surface area contributed by atoms with Gasteiger partial charge in [0.1, 0.15) is 5.70 Å². The van der Waals surface area contributed by atoms with Gasteiger partial charge in [-0.1, -0.05) is 30.0 Å². The molecule has 1 aromatic carbocycles. The third-order valence-electron chi connectivity index (χ3n) is 2.55. The molecule has 0 aromatic heterocycles. The molecule has 4 nitrogen and oxygen atoms in total. The molecule has 5 heteroatoms. The van der Waals surface area contributed by atoms with E-state index in [4.69, 9.17) is 0 Å². The summed E-state index contributed by atoms with van der Waals surface area (Å²) in [6.07, 6.45) is 3.52. The molecule has 1 N–H and O–H groups in total. The van der Waals surface area contributed by atoms with Crippen LogP contribution in [0.1, 0.15) is 1.43 Å². The highest BCUT2D eigenvalue weighted by Crippen LogP contribution is 2.30. The zero-order valence-electron chi connectivity index (χ0n) is 9.71. The number of nitrogens with zero attached hydrogens (tertiary/aromatic N) is 3. The van der Waals surface area contributed by atoms with Crippen LogP contribution in [0.15, 0.2) is 60.8 Å². The van der Waals surface area contributed by atoms with Gasteiger partial charge in [0.25, 0.3) is 0 Å². The van der Waals surface area contributed by atoms with Crippen LogP contribution in [-0.4, -0.2) is 31.5 Å². The van der Waals surface area contributed by atoms with Crippen molar-refractivity contribution in [1.29, 1.82) is 0 Å². The van der Waals surface area contributed by atoms with Gasteiger partial charge in [-0.3, -0.25) is 15.0 Å². The molecule has 0 saturated heterocycles. The summed E-state index contributed by atoms with van der Waals surface area (Å²) in [4.78, 5) is 15.5. The Morgan fingerprint density at radius 2 is 2.11 bits per heavy atom. The minimum atomic E-state index is 0. The molecule has 0 fully saturated rings. The summed E-state index contributed by atoms with van der Waals surface area (Å²) in [5.74, 6) is 0.817. The van der Waals surface area contributed by atoms with Gasteiger partial charge in [-0.15, -0.1) is 0 Å². The minimum Gasteiger partial charge on any atom is -0.330 e. The predicted molar refractivity (Wildman–Crippen MR) is 78.7 cm³/mol. The molecule has 0 radical (unpaired) electrons. The van der Waals surface area contributed by atoms with E-state index in [1.807, 2.05) is 24.4 Å². The van der Waals surface area contributed by atoms with Gasteiger partial charge >= 0.3 is 0 Å². The Balaban J connectivity index is 0.00000133. The average Bonchev–Trinajstić information content (AvgIpc) is 2.63. The number of hydrogen-bond acceptors (Lipinski definition) is 5. The normalized spacial score (nSPS) is 17.9. The van der Waals surface area contributed by atoms with Crippen molar-refractivity contribution in [2.45, 2.75) is 4.90 Å². The van der Waals surface area contributed by atoms with E-state index in [1.54, 1.807) is 18.1 Å². The maximum Gasteiger partial charge on any atom is 0.153 e. The molecule has 0 amide bonds. The molecule has 0 saturated carbocycles. The van der Waals surface area contributed by atoms with Crippen molar-refractivity contribution in [3.05, 3.63) is 40.9 Å². The number of nitrogens with one attached hydrogen (secondary N) is 1. The Kier molecular flexibility index (Phi) is 3.23. The molecule has 0 unspecified atom stereocenters. The lowest BCUT2D eigenvalue weighted by Crippen LogP contribution is -2.25. The molecule has 18 heavy (non-hydrogen) atoms. The fraction of sp³-hybridized carbons (Fsp3) is 0.154. The second-order valence-electron chi connectivity index (χ2n) is 3.80. The number of thioether (sulfide) groups is 1. The molecule has 1 aromatic rings. The van der Waals surface area contributed by atoms with Crippen molar-refractivity contribution in [2.24, 2.45) is 15.0 Å². The van der Waals surface area contributed by atoms with E-state index in [2.05, 4.69) is 32.4 Å². The molecular formula is C13H14N4S. The molecule has 0 atom stereocenters. The zero-order valence-corrected chi connectivity index (χ0v) is 10.5. The Bertz CT molecular complexity index is 563. The van der Waals surface area contributed by atoms with Crippen molar-refractivity contribution >= 4 is 30.2 Å². The van der Waals surface area contributed by atoms with Gasteiger partial charge in [0.05, 0.1) is 19.4 Å². The SMILES string of the molecule is C1=NCC(Sc2ccccc2)=C2N=CCN=C2N1.[HH]. The molecule has 2 heterocycles. The highest BCUT2D eigenvalue weighted by atomic mass is 32.2. The van der Waals surface area contributed by atoms with Crippen molar-refractivity contribution in [1.82, 2.24) is 5.32 Å². The number of hydrogen-bond donors (Lipinski definition) is 1. The molecule has 2 aliphatic heterocycles. The minimum absolute atomic E-state index is 0. The van der Waals surface area contributed by atoms with Crippen LogP contribution in [0.25, 0.3) is 0 Å². The zero-order chi connectivity index (χ0) is 12.2.